The van der Waals surface area contributed by atoms with Crippen LogP contribution in [0, 0.1) is 0 Å². The Bertz CT molecular complexity index is 865. The highest BCUT2D eigenvalue weighted by Gasteiger charge is 2.28. The van der Waals surface area contributed by atoms with Crippen LogP contribution in [0.3, 0.4) is 0 Å². The van der Waals surface area contributed by atoms with E-state index in [-0.39, 0.29) is 23.9 Å². The maximum atomic E-state index is 12.5. The van der Waals surface area contributed by atoms with Crippen LogP contribution in [0.1, 0.15) is 30.1 Å². The van der Waals surface area contributed by atoms with Crippen LogP contribution in [-0.2, 0) is 9.53 Å². The molecule has 0 bridgehead atoms. The molecular weight excluding hydrogens is 362 g/mol. The van der Waals surface area contributed by atoms with E-state index >= 15 is 0 Å². The highest BCUT2D eigenvalue weighted by Crippen LogP contribution is 2.21. The molecule has 9 nitrogen and oxygen atoms in total. The van der Waals surface area contributed by atoms with Crippen molar-refractivity contribution in [2.24, 2.45) is 0 Å². The molecular formula is C19H25N5O4. The van der Waals surface area contributed by atoms with Crippen LogP contribution in [0.5, 0.6) is 5.88 Å². The zero-order chi connectivity index (χ0) is 20.1. The highest BCUT2D eigenvalue weighted by molar-refractivity contribution is 6.04. The fourth-order valence-electron chi connectivity index (χ4n) is 3.31. The number of likely N-dealkylation sites (tertiary alicyclic amines) is 1. The van der Waals surface area contributed by atoms with E-state index in [1.54, 1.807) is 18.2 Å². The number of hydrogen-bond acceptors (Lipinski definition) is 6. The number of aromatic nitrogens is 3. The largest absolute Gasteiger partial charge is 0.474 e. The summed E-state index contributed by atoms with van der Waals surface area (Å²) in [5.41, 5.74) is 1.33. The van der Waals surface area contributed by atoms with Crippen molar-refractivity contribution in [3.8, 4) is 5.88 Å². The molecule has 150 valence electrons. The molecule has 3 rings (SSSR count). The second kappa shape index (κ2) is 8.83. The predicted octanol–water partition coefficient (Wildman–Crippen LogP) is 1.28. The van der Waals surface area contributed by atoms with Gasteiger partial charge >= 0.3 is 0 Å². The molecule has 2 N–H and O–H groups in total. The van der Waals surface area contributed by atoms with Gasteiger partial charge in [-0.1, -0.05) is 6.58 Å². The summed E-state index contributed by atoms with van der Waals surface area (Å²) in [5, 5.41) is 2.85. The third-order valence-corrected chi connectivity index (χ3v) is 4.66. The maximum Gasteiger partial charge on any atom is 0.255 e. The van der Waals surface area contributed by atoms with Gasteiger partial charge in [-0.25, -0.2) is 9.97 Å². The monoisotopic (exact) mass is 387 g/mol. The third kappa shape index (κ3) is 4.30. The smallest absolute Gasteiger partial charge is 0.255 e. The molecule has 1 aliphatic heterocycles. The van der Waals surface area contributed by atoms with Gasteiger partial charge in [0.1, 0.15) is 12.1 Å². The number of amides is 2. The van der Waals surface area contributed by atoms with Crippen molar-refractivity contribution in [3.05, 3.63) is 30.6 Å². The number of nitrogens with one attached hydrogen (secondary N) is 2. The molecule has 0 aliphatic carbocycles. The minimum Gasteiger partial charge on any atom is -0.474 e. The van der Waals surface area contributed by atoms with Gasteiger partial charge in [0.2, 0.25) is 11.8 Å². The molecule has 1 aliphatic rings. The quantitative estimate of drug-likeness (QED) is 0.661. The van der Waals surface area contributed by atoms with E-state index in [1.165, 1.54) is 12.3 Å². The second-order valence-electron chi connectivity index (χ2n) is 6.78. The number of methoxy groups -OCH3 is 1. The van der Waals surface area contributed by atoms with Crippen LogP contribution < -0.4 is 10.1 Å². The fraction of sp³-hybridized carbons (Fsp3) is 0.474. The first-order chi connectivity index (χ1) is 13.5. The van der Waals surface area contributed by atoms with Crippen molar-refractivity contribution in [3.63, 3.8) is 0 Å². The lowest BCUT2D eigenvalue weighted by Gasteiger charge is -2.23. The van der Waals surface area contributed by atoms with Gasteiger partial charge in [0.25, 0.3) is 5.91 Å². The number of rotatable bonds is 8. The molecule has 9 heteroatoms. The summed E-state index contributed by atoms with van der Waals surface area (Å²) in [4.78, 5) is 37.8. The average molecular weight is 387 g/mol. The van der Waals surface area contributed by atoms with Crippen LogP contribution in [0.4, 0.5) is 0 Å². The molecule has 3 heterocycles. The molecule has 1 fully saturated rings. The molecule has 1 saturated heterocycles. The summed E-state index contributed by atoms with van der Waals surface area (Å²) in [6.07, 6.45) is 6.19. The van der Waals surface area contributed by atoms with E-state index in [9.17, 15) is 9.59 Å². The van der Waals surface area contributed by atoms with Gasteiger partial charge in [0, 0.05) is 25.9 Å². The van der Waals surface area contributed by atoms with Crippen LogP contribution >= 0.6 is 0 Å². The zero-order valence-electron chi connectivity index (χ0n) is 16.1. The molecule has 1 unspecified atom stereocenters. The van der Waals surface area contributed by atoms with Crippen molar-refractivity contribution in [2.45, 2.75) is 31.8 Å². The molecule has 2 atom stereocenters. The Morgan fingerprint density at radius 2 is 2.36 bits per heavy atom. The van der Waals surface area contributed by atoms with Crippen LogP contribution in [0.15, 0.2) is 25.0 Å². The maximum absolute atomic E-state index is 12.5. The molecule has 0 saturated carbocycles. The standard InChI is InChI=1S/C19H25N5O4/c1-4-16(25)24-7-5-6-13(24)11-28-15-9-21-18-17(23-15)14(8-20-18)19(26)22-12(2)10-27-3/h4,8-9,12-13H,1,5-7,10-11H2,2-3H3,(H,20,21)(H,22,26)/t12-,13?/m0/s1. The first-order valence-electron chi connectivity index (χ1n) is 9.23. The Morgan fingerprint density at radius 3 is 3.11 bits per heavy atom. The number of hydrogen-bond donors (Lipinski definition) is 2. The van der Waals surface area contributed by atoms with Crippen molar-refractivity contribution >= 4 is 23.0 Å². The molecule has 0 radical (unpaired) electrons. The summed E-state index contributed by atoms with van der Waals surface area (Å²) in [6.45, 7) is 6.82. The Labute approximate surface area is 163 Å². The number of aromatic amines is 1. The van der Waals surface area contributed by atoms with Crippen molar-refractivity contribution < 1.29 is 19.1 Å². The van der Waals surface area contributed by atoms with E-state index in [1.807, 2.05) is 6.92 Å². The van der Waals surface area contributed by atoms with E-state index in [0.29, 0.717) is 42.4 Å². The van der Waals surface area contributed by atoms with Gasteiger partial charge in [-0.2, -0.15) is 0 Å². The molecule has 2 aromatic rings. The van der Waals surface area contributed by atoms with Crippen LogP contribution in [-0.4, -0.2) is 70.6 Å². The number of H-pyrrole nitrogens is 1. The predicted molar refractivity (Wildman–Crippen MR) is 103 cm³/mol. The number of ether oxygens (including phenoxy) is 2. The van der Waals surface area contributed by atoms with E-state index < -0.39 is 0 Å². The minimum atomic E-state index is -0.263. The summed E-state index contributed by atoms with van der Waals surface area (Å²) in [6, 6.07) is -0.155. The van der Waals surface area contributed by atoms with Gasteiger partial charge < -0.3 is 24.7 Å². The summed E-state index contributed by atoms with van der Waals surface area (Å²) >= 11 is 0. The summed E-state index contributed by atoms with van der Waals surface area (Å²) < 4.78 is 10.8. The molecule has 2 amide bonds. The molecule has 2 aromatic heterocycles. The fourth-order valence-corrected chi connectivity index (χ4v) is 3.31. The lowest BCUT2D eigenvalue weighted by molar-refractivity contribution is -0.127. The third-order valence-electron chi connectivity index (χ3n) is 4.66. The number of fused-ring (bicyclic) bond motifs is 1. The summed E-state index contributed by atoms with van der Waals surface area (Å²) in [5.74, 6) is -0.0489. The molecule has 0 spiro atoms. The van der Waals surface area contributed by atoms with Crippen LogP contribution in [0.25, 0.3) is 11.2 Å². The topological polar surface area (TPSA) is 109 Å². The second-order valence-corrected chi connectivity index (χ2v) is 6.78. The van der Waals surface area contributed by atoms with E-state index in [4.69, 9.17) is 9.47 Å². The SMILES string of the molecule is C=CC(=O)N1CCCC1COc1cnc2[nH]cc(C(=O)N[C@@H](C)COC)c2n1. The zero-order valence-corrected chi connectivity index (χ0v) is 16.1. The Morgan fingerprint density at radius 1 is 1.54 bits per heavy atom. The normalized spacial score (nSPS) is 17.5. The average Bonchev–Trinajstić information content (AvgIpc) is 3.32. The molecule has 0 aromatic carbocycles. The molecule has 28 heavy (non-hydrogen) atoms. The minimum absolute atomic E-state index is 0.0214. The lowest BCUT2D eigenvalue weighted by atomic mass is 10.2. The Kier molecular flexibility index (Phi) is 6.25. The van der Waals surface area contributed by atoms with Gasteiger partial charge in [0.05, 0.1) is 24.4 Å². The van der Waals surface area contributed by atoms with Gasteiger partial charge in [-0.15, -0.1) is 0 Å². The van der Waals surface area contributed by atoms with Crippen molar-refractivity contribution in [1.29, 1.82) is 0 Å². The Balaban J connectivity index is 1.70. The Hall–Kier alpha value is -2.94. The van der Waals surface area contributed by atoms with E-state index in [0.717, 1.165) is 12.8 Å². The van der Waals surface area contributed by atoms with E-state index in [2.05, 4.69) is 26.8 Å². The van der Waals surface area contributed by atoms with Gasteiger partial charge in [-0.05, 0) is 25.8 Å². The number of nitrogens with zero attached hydrogens (tertiary/aromatic N) is 3. The summed E-state index contributed by atoms with van der Waals surface area (Å²) in [7, 11) is 1.58. The first-order valence-corrected chi connectivity index (χ1v) is 9.23. The van der Waals surface area contributed by atoms with Gasteiger partial charge in [0.15, 0.2) is 5.65 Å². The lowest BCUT2D eigenvalue weighted by Crippen LogP contribution is -2.38. The van der Waals surface area contributed by atoms with Crippen molar-refractivity contribution in [1.82, 2.24) is 25.2 Å². The highest BCUT2D eigenvalue weighted by atomic mass is 16.5. The number of carbonyl (C=O) groups excluding carboxylic acids is 2. The van der Waals surface area contributed by atoms with Crippen LogP contribution in [0.2, 0.25) is 0 Å². The number of carbonyl (C=O) groups is 2. The first kappa shape index (κ1) is 19.8. The van der Waals surface area contributed by atoms with Gasteiger partial charge in [-0.3, -0.25) is 9.59 Å². The van der Waals surface area contributed by atoms with Crippen molar-refractivity contribution in [2.75, 3.05) is 26.9 Å².